The molecule has 8 heteroatoms. The van der Waals surface area contributed by atoms with Gasteiger partial charge in [0.2, 0.25) is 5.91 Å². The number of aryl methyl sites for hydroxylation is 2. The standard InChI is InChI=1S/C25H21N3O4S/c1-14-7-2-4-9-17(14)28-21(18-10-6-12-31-18)20-22(32-28)24(30)27(23(20)29)25-16(13-26)15-8-3-5-11-19(15)33-25/h2,4,6-7,9-10,12,20-22H,3,5,8,11H2,1H3/t20-,21+,22-/m0/s1. The highest BCUT2D eigenvalue weighted by molar-refractivity contribution is 7.17. The molecule has 3 atom stereocenters. The van der Waals surface area contributed by atoms with Gasteiger partial charge in [-0.15, -0.1) is 11.3 Å². The smallest absolute Gasteiger partial charge is 0.267 e. The van der Waals surface area contributed by atoms with Crippen molar-refractivity contribution in [3.05, 3.63) is 70.0 Å². The number of nitrogens with zero attached hydrogens (tertiary/aromatic N) is 3. The number of amides is 2. The zero-order valence-electron chi connectivity index (χ0n) is 18.0. The number of carbonyl (C=O) groups is 2. The predicted octanol–water partition coefficient (Wildman–Crippen LogP) is 4.45. The topological polar surface area (TPSA) is 86.8 Å². The molecule has 1 aliphatic carbocycles. The molecule has 2 fully saturated rings. The fraction of sp³-hybridized carbons (Fsp3) is 0.320. The van der Waals surface area contributed by atoms with Gasteiger partial charge in [-0.3, -0.25) is 14.4 Å². The van der Waals surface area contributed by atoms with Gasteiger partial charge in [0.05, 0.1) is 17.5 Å². The molecule has 3 aromatic rings. The molecule has 0 spiro atoms. The van der Waals surface area contributed by atoms with Gasteiger partial charge >= 0.3 is 0 Å². The van der Waals surface area contributed by atoms with E-state index in [0.717, 1.165) is 47.4 Å². The predicted molar refractivity (Wildman–Crippen MR) is 122 cm³/mol. The molecular formula is C25H21N3O4S. The minimum atomic E-state index is -0.974. The zero-order chi connectivity index (χ0) is 22.7. The van der Waals surface area contributed by atoms with Crippen LogP contribution < -0.4 is 9.96 Å². The molecule has 166 valence electrons. The molecule has 1 aromatic carbocycles. The van der Waals surface area contributed by atoms with Crippen molar-refractivity contribution in [2.75, 3.05) is 9.96 Å². The average Bonchev–Trinajstić information content (AvgIpc) is 3.58. The third kappa shape index (κ3) is 2.89. The summed E-state index contributed by atoms with van der Waals surface area (Å²) in [6, 6.07) is 12.9. The second kappa shape index (κ2) is 7.58. The Labute approximate surface area is 194 Å². The summed E-state index contributed by atoms with van der Waals surface area (Å²) in [6.45, 7) is 1.96. The van der Waals surface area contributed by atoms with Crippen LogP contribution in [0.1, 0.15) is 46.2 Å². The van der Waals surface area contributed by atoms with E-state index < -0.39 is 24.0 Å². The summed E-state index contributed by atoms with van der Waals surface area (Å²) < 4.78 is 5.70. The van der Waals surface area contributed by atoms with Crippen LogP contribution in [-0.2, 0) is 27.3 Å². The summed E-state index contributed by atoms with van der Waals surface area (Å²) in [5, 5.41) is 12.0. The molecule has 6 rings (SSSR count). The van der Waals surface area contributed by atoms with E-state index in [1.807, 2.05) is 31.2 Å². The number of nitriles is 1. The van der Waals surface area contributed by atoms with Crippen LogP contribution in [0.2, 0.25) is 0 Å². The van der Waals surface area contributed by atoms with Crippen molar-refractivity contribution >= 4 is 33.8 Å². The summed E-state index contributed by atoms with van der Waals surface area (Å²) in [5.74, 6) is -0.987. The Morgan fingerprint density at radius 3 is 2.67 bits per heavy atom. The first-order valence-electron chi connectivity index (χ1n) is 11.1. The summed E-state index contributed by atoms with van der Waals surface area (Å²) >= 11 is 1.40. The number of benzene rings is 1. The van der Waals surface area contributed by atoms with Crippen LogP contribution in [0.3, 0.4) is 0 Å². The quantitative estimate of drug-likeness (QED) is 0.538. The van der Waals surface area contributed by atoms with Gasteiger partial charge in [0, 0.05) is 4.88 Å². The van der Waals surface area contributed by atoms with Gasteiger partial charge in [-0.05, 0) is 61.9 Å². The second-order valence-corrected chi connectivity index (χ2v) is 9.72. The number of hydrogen-bond donors (Lipinski definition) is 0. The monoisotopic (exact) mass is 459 g/mol. The van der Waals surface area contributed by atoms with Crippen molar-refractivity contribution in [2.24, 2.45) is 5.92 Å². The minimum Gasteiger partial charge on any atom is -0.467 e. The molecule has 33 heavy (non-hydrogen) atoms. The third-order valence-corrected chi connectivity index (χ3v) is 8.05. The lowest BCUT2D eigenvalue weighted by atomic mass is 9.94. The first kappa shape index (κ1) is 20.2. The van der Waals surface area contributed by atoms with E-state index in [4.69, 9.17) is 9.25 Å². The van der Waals surface area contributed by atoms with Gasteiger partial charge in [-0.25, -0.2) is 9.96 Å². The van der Waals surface area contributed by atoms with Crippen LogP contribution in [0.15, 0.2) is 47.1 Å². The summed E-state index contributed by atoms with van der Waals surface area (Å²) in [7, 11) is 0. The lowest BCUT2D eigenvalue weighted by molar-refractivity contribution is -0.126. The lowest BCUT2D eigenvalue weighted by Crippen LogP contribution is -2.37. The molecule has 4 heterocycles. The largest absolute Gasteiger partial charge is 0.467 e. The second-order valence-electron chi connectivity index (χ2n) is 8.64. The number of hydroxylamine groups is 1. The molecule has 2 saturated heterocycles. The number of hydrogen-bond acceptors (Lipinski definition) is 7. The van der Waals surface area contributed by atoms with E-state index in [9.17, 15) is 14.9 Å². The lowest BCUT2D eigenvalue weighted by Gasteiger charge is -2.28. The molecule has 0 N–H and O–H groups in total. The Balaban J connectivity index is 1.44. The Morgan fingerprint density at radius 2 is 1.91 bits per heavy atom. The Morgan fingerprint density at radius 1 is 1.09 bits per heavy atom. The van der Waals surface area contributed by atoms with Crippen molar-refractivity contribution in [1.29, 1.82) is 5.26 Å². The maximum Gasteiger partial charge on any atom is 0.267 e. The van der Waals surface area contributed by atoms with Crippen LogP contribution in [0.4, 0.5) is 10.7 Å². The number of thiophene rings is 1. The number of imide groups is 1. The van der Waals surface area contributed by atoms with Crippen LogP contribution >= 0.6 is 11.3 Å². The van der Waals surface area contributed by atoms with E-state index in [-0.39, 0.29) is 5.91 Å². The maximum atomic E-state index is 13.8. The van der Waals surface area contributed by atoms with Gasteiger partial charge < -0.3 is 4.42 Å². The zero-order valence-corrected chi connectivity index (χ0v) is 18.8. The van der Waals surface area contributed by atoms with Crippen molar-refractivity contribution in [3.8, 4) is 6.07 Å². The number of carbonyl (C=O) groups excluding carboxylic acids is 2. The van der Waals surface area contributed by atoms with E-state index in [1.54, 1.807) is 23.5 Å². The highest BCUT2D eigenvalue weighted by atomic mass is 32.1. The van der Waals surface area contributed by atoms with Crippen molar-refractivity contribution in [3.63, 3.8) is 0 Å². The van der Waals surface area contributed by atoms with E-state index in [0.29, 0.717) is 16.3 Å². The first-order valence-corrected chi connectivity index (χ1v) is 11.9. The van der Waals surface area contributed by atoms with Crippen LogP contribution in [0.5, 0.6) is 0 Å². The summed E-state index contributed by atoms with van der Waals surface area (Å²) in [6.07, 6.45) is 4.34. The number of anilines is 2. The normalized spacial score (nSPS) is 24.2. The first-order chi connectivity index (χ1) is 16.1. The fourth-order valence-corrected chi connectivity index (χ4v) is 6.56. The minimum absolute atomic E-state index is 0.349. The van der Waals surface area contributed by atoms with Crippen LogP contribution in [0.25, 0.3) is 0 Å². The van der Waals surface area contributed by atoms with Gasteiger partial charge in [0.15, 0.2) is 6.10 Å². The number of rotatable bonds is 3. The summed E-state index contributed by atoms with van der Waals surface area (Å²) in [4.78, 5) is 35.9. The Bertz CT molecular complexity index is 1310. The number of fused-ring (bicyclic) bond motifs is 2. The van der Waals surface area contributed by atoms with E-state index in [2.05, 4.69) is 6.07 Å². The molecule has 0 saturated carbocycles. The Hall–Kier alpha value is -3.41. The van der Waals surface area contributed by atoms with Gasteiger partial charge in [-0.2, -0.15) is 5.26 Å². The Kier molecular flexibility index (Phi) is 4.64. The van der Waals surface area contributed by atoms with Gasteiger partial charge in [0.25, 0.3) is 5.91 Å². The number of para-hydroxylation sites is 1. The van der Waals surface area contributed by atoms with Crippen LogP contribution in [0, 0.1) is 24.2 Å². The molecule has 0 bridgehead atoms. The SMILES string of the molecule is Cc1ccccc1N1O[C@@H]2C(=O)N(c3sc4c(c3C#N)CCCC4)C(=O)[C@H]2[C@H]1c1ccco1. The average molecular weight is 460 g/mol. The maximum absolute atomic E-state index is 13.8. The molecule has 0 radical (unpaired) electrons. The molecule has 2 aromatic heterocycles. The molecule has 2 aliphatic heterocycles. The highest BCUT2D eigenvalue weighted by Crippen LogP contribution is 2.50. The molecule has 0 unspecified atom stereocenters. The van der Waals surface area contributed by atoms with Crippen LogP contribution in [-0.4, -0.2) is 17.9 Å². The van der Waals surface area contributed by atoms with E-state index >= 15 is 0 Å². The van der Waals surface area contributed by atoms with Crippen molar-refractivity contribution in [1.82, 2.24) is 0 Å². The van der Waals surface area contributed by atoms with Crippen molar-refractivity contribution < 1.29 is 18.8 Å². The van der Waals surface area contributed by atoms with Gasteiger partial charge in [0.1, 0.15) is 28.8 Å². The molecular weight excluding hydrogens is 438 g/mol. The highest BCUT2D eigenvalue weighted by Gasteiger charge is 2.62. The molecule has 7 nitrogen and oxygen atoms in total. The fourth-order valence-electron chi connectivity index (χ4n) is 5.21. The third-order valence-electron chi connectivity index (χ3n) is 6.77. The van der Waals surface area contributed by atoms with Gasteiger partial charge in [-0.1, -0.05) is 18.2 Å². The summed E-state index contributed by atoms with van der Waals surface area (Å²) in [5.41, 5.74) is 3.20. The van der Waals surface area contributed by atoms with Crippen molar-refractivity contribution in [2.45, 2.75) is 44.8 Å². The number of furan rings is 1. The molecule has 3 aliphatic rings. The molecule has 2 amide bonds. The van der Waals surface area contributed by atoms with E-state index in [1.165, 1.54) is 16.2 Å².